The minimum absolute atomic E-state index is 0.0181. The number of β-lactam (4-membered cyclic amide) rings is 1. The molecule has 1 saturated heterocycles. The Morgan fingerprint density at radius 3 is 2.82 bits per heavy atom. The van der Waals surface area contributed by atoms with Crippen LogP contribution in [0.1, 0.15) is 29.4 Å². The van der Waals surface area contributed by atoms with E-state index in [9.17, 15) is 9.59 Å². The fourth-order valence-electron chi connectivity index (χ4n) is 4.43. The van der Waals surface area contributed by atoms with Crippen molar-refractivity contribution in [3.8, 4) is 5.75 Å². The van der Waals surface area contributed by atoms with Crippen LogP contribution in [-0.4, -0.2) is 61.1 Å². The summed E-state index contributed by atoms with van der Waals surface area (Å²) in [5, 5.41) is 14.4. The SMILES string of the molecule is C=CCOC(=O)C[C@@H]1C(=O)N2C(c3nnnn3Cc3ccc(OC)cc3C)C(Sc3ccncc3)=CS[C@H]12. The highest BCUT2D eigenvalue weighted by Crippen LogP contribution is 2.53. The van der Waals surface area contributed by atoms with Crippen LogP contribution in [-0.2, 0) is 20.9 Å². The van der Waals surface area contributed by atoms with Crippen LogP contribution in [0.3, 0.4) is 0 Å². The van der Waals surface area contributed by atoms with Crippen molar-refractivity contribution in [3.63, 3.8) is 0 Å². The molecule has 0 spiro atoms. The fourth-order valence-corrected chi connectivity index (χ4v) is 6.81. The van der Waals surface area contributed by atoms with E-state index in [2.05, 4.69) is 27.1 Å². The van der Waals surface area contributed by atoms with Gasteiger partial charge >= 0.3 is 5.97 Å². The zero-order chi connectivity index (χ0) is 26.6. The minimum Gasteiger partial charge on any atom is -0.497 e. The number of amides is 1. The summed E-state index contributed by atoms with van der Waals surface area (Å²) in [6.07, 6.45) is 4.98. The second kappa shape index (κ2) is 11.4. The maximum atomic E-state index is 13.4. The van der Waals surface area contributed by atoms with Gasteiger partial charge in [0.1, 0.15) is 18.4 Å². The van der Waals surface area contributed by atoms with Crippen LogP contribution in [0.15, 0.2) is 70.6 Å². The first-order valence-electron chi connectivity index (χ1n) is 11.9. The molecule has 1 amide bonds. The number of rotatable bonds is 10. The molecule has 1 fully saturated rings. The van der Waals surface area contributed by atoms with Gasteiger partial charge in [0.2, 0.25) is 5.91 Å². The Morgan fingerprint density at radius 2 is 2.08 bits per heavy atom. The molecule has 10 nitrogen and oxygen atoms in total. The first-order chi connectivity index (χ1) is 18.5. The molecule has 4 heterocycles. The van der Waals surface area contributed by atoms with Crippen molar-refractivity contribution in [2.24, 2.45) is 5.92 Å². The lowest BCUT2D eigenvalue weighted by molar-refractivity contribution is -0.160. The number of thioether (sulfide) groups is 2. The number of aromatic nitrogens is 5. The third-order valence-corrected chi connectivity index (χ3v) is 8.83. The highest BCUT2D eigenvalue weighted by atomic mass is 32.2. The number of esters is 1. The van der Waals surface area contributed by atoms with E-state index < -0.39 is 17.9 Å². The van der Waals surface area contributed by atoms with Crippen LogP contribution in [0.4, 0.5) is 0 Å². The molecule has 0 radical (unpaired) electrons. The van der Waals surface area contributed by atoms with Gasteiger partial charge in [-0.2, -0.15) is 0 Å². The zero-order valence-electron chi connectivity index (χ0n) is 20.9. The molecule has 0 aliphatic carbocycles. The summed E-state index contributed by atoms with van der Waals surface area (Å²) < 4.78 is 12.2. The van der Waals surface area contributed by atoms with Gasteiger partial charge in [0.05, 0.1) is 31.4 Å². The summed E-state index contributed by atoms with van der Waals surface area (Å²) in [5.74, 6) is 0.314. The summed E-state index contributed by atoms with van der Waals surface area (Å²) in [5.41, 5.74) is 2.08. The summed E-state index contributed by atoms with van der Waals surface area (Å²) in [6, 6.07) is 9.19. The van der Waals surface area contributed by atoms with E-state index in [0.717, 1.165) is 26.7 Å². The van der Waals surface area contributed by atoms with E-state index in [0.29, 0.717) is 12.4 Å². The maximum absolute atomic E-state index is 13.4. The average molecular weight is 551 g/mol. The number of fused-ring (bicyclic) bond motifs is 1. The van der Waals surface area contributed by atoms with Crippen LogP contribution >= 0.6 is 23.5 Å². The normalized spacial score (nSPS) is 20.3. The molecule has 2 aliphatic rings. The lowest BCUT2D eigenvalue weighted by Crippen LogP contribution is -2.62. The van der Waals surface area contributed by atoms with Gasteiger partial charge in [-0.05, 0) is 58.2 Å². The molecule has 12 heteroatoms. The second-order valence-corrected chi connectivity index (χ2v) is 10.9. The third kappa shape index (κ3) is 5.18. The lowest BCUT2D eigenvalue weighted by atomic mass is 9.91. The summed E-state index contributed by atoms with van der Waals surface area (Å²) in [7, 11) is 1.64. The highest BCUT2D eigenvalue weighted by molar-refractivity contribution is 8.06. The van der Waals surface area contributed by atoms with E-state index >= 15 is 0 Å². The number of tetrazole rings is 1. The van der Waals surface area contributed by atoms with Crippen LogP contribution in [0.5, 0.6) is 5.75 Å². The van der Waals surface area contributed by atoms with Crippen molar-refractivity contribution in [2.75, 3.05) is 13.7 Å². The van der Waals surface area contributed by atoms with E-state index in [-0.39, 0.29) is 24.3 Å². The Kier molecular flexibility index (Phi) is 7.79. The molecular formula is C26H26N6O4S2. The number of benzene rings is 1. The predicted octanol–water partition coefficient (Wildman–Crippen LogP) is 3.76. The monoisotopic (exact) mass is 550 g/mol. The third-order valence-electron chi connectivity index (χ3n) is 6.37. The van der Waals surface area contributed by atoms with Crippen molar-refractivity contribution in [1.82, 2.24) is 30.1 Å². The Balaban J connectivity index is 1.45. The van der Waals surface area contributed by atoms with Crippen molar-refractivity contribution in [2.45, 2.75) is 36.2 Å². The van der Waals surface area contributed by atoms with Gasteiger partial charge in [0.15, 0.2) is 5.82 Å². The molecule has 2 aliphatic heterocycles. The topological polar surface area (TPSA) is 112 Å². The molecule has 2 aromatic heterocycles. The van der Waals surface area contributed by atoms with Gasteiger partial charge in [-0.1, -0.05) is 30.5 Å². The van der Waals surface area contributed by atoms with Crippen LogP contribution in [0.25, 0.3) is 0 Å². The maximum Gasteiger partial charge on any atom is 0.307 e. The number of nitrogens with zero attached hydrogens (tertiary/aromatic N) is 6. The van der Waals surface area contributed by atoms with Gasteiger partial charge < -0.3 is 14.4 Å². The van der Waals surface area contributed by atoms with Crippen molar-refractivity contribution < 1.29 is 19.1 Å². The number of methoxy groups -OCH3 is 1. The van der Waals surface area contributed by atoms with Crippen molar-refractivity contribution >= 4 is 35.4 Å². The molecule has 38 heavy (non-hydrogen) atoms. The summed E-state index contributed by atoms with van der Waals surface area (Å²) >= 11 is 3.06. The molecule has 196 valence electrons. The zero-order valence-corrected chi connectivity index (χ0v) is 22.5. The Labute approximate surface area is 228 Å². The number of ether oxygens (including phenoxy) is 2. The van der Waals surface area contributed by atoms with Crippen LogP contribution in [0, 0.1) is 12.8 Å². The summed E-state index contributed by atoms with van der Waals surface area (Å²) in [4.78, 5) is 33.5. The van der Waals surface area contributed by atoms with E-state index in [1.807, 2.05) is 42.7 Å². The largest absolute Gasteiger partial charge is 0.497 e. The lowest BCUT2D eigenvalue weighted by Gasteiger charge is -2.52. The van der Waals surface area contributed by atoms with Gasteiger partial charge in [-0.3, -0.25) is 14.6 Å². The molecule has 0 bridgehead atoms. The minimum atomic E-state index is -0.499. The molecule has 5 rings (SSSR count). The fraction of sp³-hybridized carbons (Fsp3) is 0.308. The number of hydrogen-bond donors (Lipinski definition) is 0. The Morgan fingerprint density at radius 1 is 1.26 bits per heavy atom. The molecule has 1 aromatic carbocycles. The van der Waals surface area contributed by atoms with Gasteiger partial charge in [0, 0.05) is 22.2 Å². The van der Waals surface area contributed by atoms with E-state index in [4.69, 9.17) is 9.47 Å². The number of pyridine rings is 1. The Bertz CT molecular complexity index is 1380. The number of aryl methyl sites for hydroxylation is 1. The van der Waals surface area contributed by atoms with Crippen molar-refractivity contribution in [1.29, 1.82) is 0 Å². The van der Waals surface area contributed by atoms with Crippen LogP contribution < -0.4 is 4.74 Å². The van der Waals surface area contributed by atoms with Gasteiger partial charge in [-0.15, -0.1) is 16.9 Å². The van der Waals surface area contributed by atoms with E-state index in [1.54, 1.807) is 40.8 Å². The van der Waals surface area contributed by atoms with Crippen molar-refractivity contribution in [3.05, 3.63) is 82.6 Å². The quantitative estimate of drug-likeness (QED) is 0.210. The van der Waals surface area contributed by atoms with Gasteiger partial charge in [0.25, 0.3) is 0 Å². The highest BCUT2D eigenvalue weighted by Gasteiger charge is 2.55. The van der Waals surface area contributed by atoms with Gasteiger partial charge in [-0.25, -0.2) is 4.68 Å². The number of hydrogen-bond acceptors (Lipinski definition) is 10. The molecular weight excluding hydrogens is 524 g/mol. The smallest absolute Gasteiger partial charge is 0.307 e. The molecule has 0 saturated carbocycles. The first kappa shape index (κ1) is 26.0. The molecule has 3 atom stereocenters. The molecule has 3 aromatic rings. The predicted molar refractivity (Wildman–Crippen MR) is 143 cm³/mol. The number of carbonyl (C=O) groups excluding carboxylic acids is 2. The second-order valence-electron chi connectivity index (χ2n) is 8.75. The van der Waals surface area contributed by atoms with E-state index in [1.165, 1.54) is 17.8 Å². The Hall–Kier alpha value is -3.64. The molecule has 0 N–H and O–H groups in total. The number of carbonyl (C=O) groups is 2. The summed E-state index contributed by atoms with van der Waals surface area (Å²) in [6.45, 7) is 6.12. The standard InChI is InChI=1S/C26H26N6O4S2/c1-4-11-36-22(33)13-20-25(34)32-23(21(15-37-26(20)32)38-19-7-9-27-10-8-19)24-28-29-30-31(24)14-17-5-6-18(35-3)12-16(17)2/h4-10,12,15,20,23,26H,1,11,13-14H2,2-3H3/t20-,23?,26-/m1/s1. The average Bonchev–Trinajstić information content (AvgIpc) is 3.39. The van der Waals surface area contributed by atoms with Crippen LogP contribution in [0.2, 0.25) is 0 Å². The first-order valence-corrected chi connectivity index (χ1v) is 13.7. The molecule has 1 unspecified atom stereocenters.